The van der Waals surface area contributed by atoms with Crippen LogP contribution in [-0.2, 0) is 64.8 Å². The second-order valence-corrected chi connectivity index (χ2v) is 18.3. The summed E-state index contributed by atoms with van der Waals surface area (Å²) >= 11 is 0. The summed E-state index contributed by atoms with van der Waals surface area (Å²) in [5.41, 5.74) is 8.54. The van der Waals surface area contributed by atoms with Gasteiger partial charge in [0.1, 0.15) is 23.6 Å². The van der Waals surface area contributed by atoms with Crippen LogP contribution in [-0.4, -0.2) is 137 Å². The second-order valence-electron chi connectivity index (χ2n) is 18.3. The van der Waals surface area contributed by atoms with Crippen molar-refractivity contribution in [3.8, 4) is 34.5 Å². The van der Waals surface area contributed by atoms with Crippen LogP contribution in [0.2, 0.25) is 0 Å². The monoisotopic (exact) mass is 960 g/mol. The molecule has 2 heterocycles. The summed E-state index contributed by atoms with van der Waals surface area (Å²) in [4.78, 5) is 25.9. The van der Waals surface area contributed by atoms with Crippen LogP contribution < -0.4 is 28.4 Å². The van der Waals surface area contributed by atoms with Crippen LogP contribution in [0.1, 0.15) is 93.4 Å². The van der Waals surface area contributed by atoms with Crippen molar-refractivity contribution in [3.63, 3.8) is 0 Å². The van der Waals surface area contributed by atoms with Crippen LogP contribution in [0.5, 0.6) is 34.5 Å². The van der Waals surface area contributed by atoms with E-state index in [0.29, 0.717) is 104 Å². The molecule has 0 bridgehead atoms. The summed E-state index contributed by atoms with van der Waals surface area (Å²) in [5, 5.41) is 41.0. The molecule has 0 radical (unpaired) electrons. The normalized spacial score (nSPS) is 19.5. The lowest BCUT2D eigenvalue weighted by atomic mass is 9.82. The maximum atomic E-state index is 13.0. The highest BCUT2D eigenvalue weighted by molar-refractivity contribution is 5.77. The molecule has 6 rings (SSSR count). The van der Waals surface area contributed by atoms with Crippen LogP contribution >= 0.6 is 0 Å². The number of aliphatic hydroxyl groups excluding tert-OH is 4. The van der Waals surface area contributed by atoms with E-state index in [1.54, 1.807) is 42.7 Å². The van der Waals surface area contributed by atoms with Crippen LogP contribution in [0.15, 0.2) is 48.5 Å². The van der Waals surface area contributed by atoms with E-state index in [1.165, 1.54) is 5.56 Å². The van der Waals surface area contributed by atoms with Crippen LogP contribution in [0.25, 0.3) is 0 Å². The Kier molecular flexibility index (Phi) is 18.2. The lowest BCUT2D eigenvalue weighted by Crippen LogP contribution is -2.52. The molecular formula is C53H72N2O14+2. The van der Waals surface area contributed by atoms with Gasteiger partial charge in [-0.25, -0.2) is 0 Å². The summed E-state index contributed by atoms with van der Waals surface area (Å²) in [6.45, 7) is 2.25. The Hall–Kier alpha value is -5.62. The minimum atomic E-state index is -0.483. The van der Waals surface area contributed by atoms with Crippen LogP contribution in [0, 0.1) is 0 Å². The first-order chi connectivity index (χ1) is 33.3. The van der Waals surface area contributed by atoms with Crippen LogP contribution in [0.4, 0.5) is 0 Å². The number of methoxy groups -OCH3 is 6. The molecule has 4 aromatic rings. The Balaban J connectivity index is 1.06. The van der Waals surface area contributed by atoms with Gasteiger partial charge in [0, 0.05) is 59.9 Å². The number of hydrogen-bond acceptors (Lipinski definition) is 14. The predicted octanol–water partition coefficient (Wildman–Crippen LogP) is 5.43. The van der Waals surface area contributed by atoms with E-state index in [2.05, 4.69) is 26.2 Å². The Morgan fingerprint density at radius 1 is 0.580 bits per heavy atom. The van der Waals surface area contributed by atoms with Crippen molar-refractivity contribution in [1.29, 1.82) is 0 Å². The summed E-state index contributed by atoms with van der Waals surface area (Å²) in [5.74, 6) is 2.50. The maximum Gasteiger partial charge on any atom is 0.306 e. The van der Waals surface area contributed by atoms with Crippen molar-refractivity contribution in [2.75, 3.05) is 96.1 Å². The molecule has 376 valence electrons. The van der Waals surface area contributed by atoms with Crippen molar-refractivity contribution >= 4 is 11.9 Å². The Bertz CT molecular complexity index is 2400. The van der Waals surface area contributed by atoms with Gasteiger partial charge in [-0.15, -0.1) is 0 Å². The van der Waals surface area contributed by atoms with E-state index in [1.807, 2.05) is 36.4 Å². The second kappa shape index (κ2) is 23.8. The zero-order valence-electron chi connectivity index (χ0n) is 41.6. The van der Waals surface area contributed by atoms with Gasteiger partial charge in [0.05, 0.1) is 141 Å². The number of fused-ring (bicyclic) bond motifs is 2. The van der Waals surface area contributed by atoms with E-state index in [9.17, 15) is 30.0 Å². The minimum absolute atomic E-state index is 0.0199. The number of benzene rings is 4. The molecule has 4 atom stereocenters. The Morgan fingerprint density at radius 2 is 1.16 bits per heavy atom. The van der Waals surface area contributed by atoms with E-state index < -0.39 is 11.9 Å². The van der Waals surface area contributed by atoms with Crippen molar-refractivity contribution in [2.45, 2.75) is 83.5 Å². The number of quaternary nitrogens is 2. The number of esters is 2. The average Bonchev–Trinajstić information content (AvgIpc) is 3.37. The van der Waals surface area contributed by atoms with E-state index in [4.69, 9.17) is 37.9 Å². The fourth-order valence-electron chi connectivity index (χ4n) is 10.6. The molecule has 0 aliphatic carbocycles. The van der Waals surface area contributed by atoms with Gasteiger partial charge in [0.2, 0.25) is 0 Å². The first-order valence-electron chi connectivity index (χ1n) is 23.6. The SMILES string of the molecule is COc1ccc(C2c3c(cc(CO)c(CO)c3OC)CC[N+]2(C)CCCOC(=O)CCC(=O)OCCC[N+]2(C)CCc3cc(OC)c(OC)cc3C2Cc2cc(CO)c(OC)c(OC)c2)cc1CO. The Morgan fingerprint density at radius 3 is 1.74 bits per heavy atom. The summed E-state index contributed by atoms with van der Waals surface area (Å²) < 4.78 is 46.6. The van der Waals surface area contributed by atoms with Gasteiger partial charge in [-0.2, -0.15) is 0 Å². The standard InChI is InChI=1S/C53H72N2O14/c1-54(19-15-35-28-45(63-4)46(64-5)29-41(35)43(54)24-34-23-40(32-58)52(66-7)47(25-34)65-6)17-9-21-68-48(60)13-14-49(61)69-22-10-18-55(2)20-16-36-26-38(30-56)42(33-59)53(67-8)50(36)51(55)37-11-12-44(62-3)39(27-37)31-57/h11-12,23,25-29,43,51,56-59H,9-10,13-22,24,30-33H2,1-8H3/q+2. The summed E-state index contributed by atoms with van der Waals surface area (Å²) in [7, 11) is 13.9. The quantitative estimate of drug-likeness (QED) is 0.0395. The van der Waals surface area contributed by atoms with E-state index in [0.717, 1.165) is 47.3 Å². The van der Waals surface area contributed by atoms with Crippen molar-refractivity contribution in [3.05, 3.63) is 104 Å². The van der Waals surface area contributed by atoms with E-state index >= 15 is 0 Å². The molecule has 0 fully saturated rings. The lowest BCUT2D eigenvalue weighted by Gasteiger charge is -2.46. The van der Waals surface area contributed by atoms with Gasteiger partial charge in [-0.3, -0.25) is 9.59 Å². The molecule has 16 nitrogen and oxygen atoms in total. The van der Waals surface area contributed by atoms with E-state index in [-0.39, 0.29) is 64.6 Å². The van der Waals surface area contributed by atoms with Crippen molar-refractivity contribution < 1.29 is 76.9 Å². The summed E-state index contributed by atoms with van der Waals surface area (Å²) in [6.07, 6.45) is 3.04. The summed E-state index contributed by atoms with van der Waals surface area (Å²) in [6, 6.07) is 15.4. The third-order valence-electron chi connectivity index (χ3n) is 14.3. The molecule has 16 heteroatoms. The van der Waals surface area contributed by atoms with Gasteiger partial charge in [-0.1, -0.05) is 6.07 Å². The molecule has 0 saturated carbocycles. The number of nitrogens with zero attached hydrogens (tertiary/aromatic N) is 2. The zero-order chi connectivity index (χ0) is 49.9. The molecule has 0 aromatic heterocycles. The molecule has 4 unspecified atom stereocenters. The first kappa shape index (κ1) is 52.7. The molecule has 0 saturated heterocycles. The number of hydrogen-bond donors (Lipinski definition) is 4. The number of aliphatic hydroxyl groups is 4. The average molecular weight is 961 g/mol. The predicted molar refractivity (Wildman–Crippen MR) is 257 cm³/mol. The third-order valence-corrected chi connectivity index (χ3v) is 14.3. The molecule has 69 heavy (non-hydrogen) atoms. The molecule has 0 amide bonds. The third kappa shape index (κ3) is 11.5. The van der Waals surface area contributed by atoms with Gasteiger partial charge in [0.15, 0.2) is 23.0 Å². The first-order valence-corrected chi connectivity index (χ1v) is 23.6. The topological polar surface area (TPSA) is 189 Å². The highest BCUT2D eigenvalue weighted by Crippen LogP contribution is 2.48. The fraction of sp³-hybridized carbons (Fsp3) is 0.509. The minimum Gasteiger partial charge on any atom is -0.496 e. The molecule has 0 spiro atoms. The highest BCUT2D eigenvalue weighted by Gasteiger charge is 2.44. The molecular weight excluding hydrogens is 889 g/mol. The van der Waals surface area contributed by atoms with Crippen LogP contribution in [0.3, 0.4) is 0 Å². The molecule has 2 aliphatic heterocycles. The molecule has 4 N–H and O–H groups in total. The molecule has 4 aromatic carbocycles. The van der Waals surface area contributed by atoms with Crippen molar-refractivity contribution in [1.82, 2.24) is 0 Å². The number of ether oxygens (including phenoxy) is 8. The lowest BCUT2D eigenvalue weighted by molar-refractivity contribution is -0.941. The van der Waals surface area contributed by atoms with Gasteiger partial charge in [-0.05, 0) is 64.7 Å². The Labute approximate surface area is 406 Å². The smallest absolute Gasteiger partial charge is 0.306 e. The molecule has 2 aliphatic rings. The highest BCUT2D eigenvalue weighted by atomic mass is 16.5. The number of rotatable bonds is 24. The van der Waals surface area contributed by atoms with Gasteiger partial charge < -0.3 is 67.3 Å². The largest absolute Gasteiger partial charge is 0.496 e. The van der Waals surface area contributed by atoms with Gasteiger partial charge >= 0.3 is 11.9 Å². The fourth-order valence-corrected chi connectivity index (χ4v) is 10.6. The van der Waals surface area contributed by atoms with Crippen molar-refractivity contribution in [2.24, 2.45) is 0 Å². The number of likely N-dealkylation sites (N-methyl/N-ethyl adjacent to an activating group) is 2. The number of carbonyl (C=O) groups excluding carboxylic acids is 2. The van der Waals surface area contributed by atoms with Gasteiger partial charge in [0.25, 0.3) is 0 Å². The number of carbonyl (C=O) groups is 2. The maximum absolute atomic E-state index is 13.0. The zero-order valence-corrected chi connectivity index (χ0v) is 41.6.